The Morgan fingerprint density at radius 3 is 2.49 bits per heavy atom. The molecule has 0 unspecified atom stereocenters. The summed E-state index contributed by atoms with van der Waals surface area (Å²) < 4.78 is 11.1. The fourth-order valence-corrected chi connectivity index (χ4v) is 5.25. The van der Waals surface area contributed by atoms with Gasteiger partial charge in [-0.25, -0.2) is 4.79 Å². The van der Waals surface area contributed by atoms with E-state index in [2.05, 4.69) is 17.9 Å². The molecular weight excluding hydrogens is 440 g/mol. The Hall–Kier alpha value is -2.62. The van der Waals surface area contributed by atoms with Crippen LogP contribution < -0.4 is 16.2 Å². The lowest BCUT2D eigenvalue weighted by atomic mass is 9.75. The topological polar surface area (TPSA) is 105 Å². The third-order valence-corrected chi connectivity index (χ3v) is 7.16. The first-order chi connectivity index (χ1) is 16.9. The van der Waals surface area contributed by atoms with Crippen molar-refractivity contribution in [1.82, 2.24) is 0 Å². The lowest BCUT2D eigenvalue weighted by molar-refractivity contribution is -0.160. The summed E-state index contributed by atoms with van der Waals surface area (Å²) in [5, 5.41) is 0. The van der Waals surface area contributed by atoms with Gasteiger partial charge in [0.1, 0.15) is 18.4 Å². The van der Waals surface area contributed by atoms with Gasteiger partial charge in [0, 0.05) is 0 Å². The van der Waals surface area contributed by atoms with E-state index in [1.165, 1.54) is 44.1 Å². The number of benzene rings is 1. The highest BCUT2D eigenvalue weighted by atomic mass is 16.6. The maximum Gasteiger partial charge on any atom is 0.330 e. The largest absolute Gasteiger partial charge is 0.489 e. The summed E-state index contributed by atoms with van der Waals surface area (Å²) in [6.45, 7) is 2.89. The van der Waals surface area contributed by atoms with Crippen LogP contribution in [0.4, 0.5) is 0 Å². The van der Waals surface area contributed by atoms with E-state index in [1.807, 2.05) is 24.3 Å². The van der Waals surface area contributed by atoms with E-state index < -0.39 is 18.0 Å². The van der Waals surface area contributed by atoms with Gasteiger partial charge in [-0.2, -0.15) is 0 Å². The zero-order valence-electron chi connectivity index (χ0n) is 21.0. The standard InChI is InChI=1S/C29H40N2O4/c1-2-8-24(19-27(32)35-28(33)26(31)10-3-6-18-30)23-11-13-25(14-12-23)34-21-22-9-7-17-29(20-22)15-4-5-16-29/h11-14,20,24,26H,3-7,9-10,15-19,21,30-31H2,1H3/t24-,26-/m0/s1. The smallest absolute Gasteiger partial charge is 0.330 e. The highest BCUT2D eigenvalue weighted by molar-refractivity contribution is 5.88. The molecule has 35 heavy (non-hydrogen) atoms. The molecule has 0 bridgehead atoms. The van der Waals surface area contributed by atoms with Crippen LogP contribution in [-0.4, -0.2) is 31.1 Å². The van der Waals surface area contributed by atoms with Gasteiger partial charge in [-0.15, -0.1) is 5.92 Å². The number of allylic oxidation sites excluding steroid dienone is 1. The van der Waals surface area contributed by atoms with Crippen LogP contribution in [0.5, 0.6) is 5.75 Å². The van der Waals surface area contributed by atoms with Crippen molar-refractivity contribution < 1.29 is 19.1 Å². The van der Waals surface area contributed by atoms with Gasteiger partial charge in [-0.3, -0.25) is 4.79 Å². The van der Waals surface area contributed by atoms with Crippen molar-refractivity contribution in [2.75, 3.05) is 13.2 Å². The number of carbonyl (C=O) groups excluding carboxylic acids is 2. The number of carbonyl (C=O) groups is 2. The molecule has 2 aliphatic carbocycles. The summed E-state index contributed by atoms with van der Waals surface area (Å²) in [4.78, 5) is 24.5. The Morgan fingerprint density at radius 1 is 1.09 bits per heavy atom. The van der Waals surface area contributed by atoms with Gasteiger partial charge in [0.2, 0.25) is 0 Å². The summed E-state index contributed by atoms with van der Waals surface area (Å²) in [5.41, 5.74) is 14.0. The van der Waals surface area contributed by atoms with E-state index in [4.69, 9.17) is 20.9 Å². The number of hydrogen-bond acceptors (Lipinski definition) is 6. The molecule has 1 aromatic carbocycles. The predicted octanol–water partition coefficient (Wildman–Crippen LogP) is 4.76. The molecule has 3 rings (SSSR count). The molecule has 0 aliphatic heterocycles. The fraction of sp³-hybridized carbons (Fsp3) is 0.586. The van der Waals surface area contributed by atoms with Crippen molar-refractivity contribution in [1.29, 1.82) is 0 Å². The van der Waals surface area contributed by atoms with Crippen molar-refractivity contribution in [3.8, 4) is 17.6 Å². The molecule has 0 amide bonds. The second-order valence-electron chi connectivity index (χ2n) is 9.92. The minimum Gasteiger partial charge on any atom is -0.489 e. The Bertz CT molecular complexity index is 936. The third-order valence-electron chi connectivity index (χ3n) is 7.16. The molecule has 1 aromatic rings. The van der Waals surface area contributed by atoms with E-state index in [-0.39, 0.29) is 12.3 Å². The molecule has 1 saturated carbocycles. The quantitative estimate of drug-likeness (QED) is 0.156. The summed E-state index contributed by atoms with van der Waals surface area (Å²) in [7, 11) is 0. The highest BCUT2D eigenvalue weighted by Crippen LogP contribution is 2.47. The van der Waals surface area contributed by atoms with E-state index in [9.17, 15) is 9.59 Å². The van der Waals surface area contributed by atoms with Gasteiger partial charge in [0.25, 0.3) is 0 Å². The second kappa shape index (κ2) is 13.5. The van der Waals surface area contributed by atoms with Crippen LogP contribution in [0, 0.1) is 17.3 Å². The van der Waals surface area contributed by atoms with Gasteiger partial charge >= 0.3 is 11.9 Å². The Balaban J connectivity index is 1.52. The summed E-state index contributed by atoms with van der Waals surface area (Å²) in [6.07, 6.45) is 13.4. The van der Waals surface area contributed by atoms with Gasteiger partial charge < -0.3 is 20.9 Å². The average molecular weight is 481 g/mol. The Morgan fingerprint density at radius 2 is 1.80 bits per heavy atom. The lowest BCUT2D eigenvalue weighted by Crippen LogP contribution is -2.34. The number of ether oxygens (including phenoxy) is 2. The minimum atomic E-state index is -0.819. The van der Waals surface area contributed by atoms with Crippen LogP contribution in [0.3, 0.4) is 0 Å². The fourth-order valence-electron chi connectivity index (χ4n) is 5.25. The number of nitrogens with two attached hydrogens (primary N) is 2. The van der Waals surface area contributed by atoms with Crippen LogP contribution in [0.25, 0.3) is 0 Å². The number of hydrogen-bond donors (Lipinski definition) is 2. The van der Waals surface area contributed by atoms with Crippen molar-refractivity contribution in [3.63, 3.8) is 0 Å². The molecule has 1 fully saturated rings. The molecule has 0 aromatic heterocycles. The first kappa shape index (κ1) is 27.0. The van der Waals surface area contributed by atoms with E-state index in [0.29, 0.717) is 25.0 Å². The lowest BCUT2D eigenvalue weighted by Gasteiger charge is -2.31. The molecular formula is C29H40N2O4. The SMILES string of the molecule is CC#C[C@@H](CC(=O)OC(=O)[C@@H](N)CCCCN)c1ccc(OCC2=CC3(CCCC3)CCC2)cc1. The maximum atomic E-state index is 12.4. The molecule has 2 aliphatic rings. The monoisotopic (exact) mass is 480 g/mol. The zero-order valence-corrected chi connectivity index (χ0v) is 21.0. The van der Waals surface area contributed by atoms with Crippen molar-refractivity contribution in [2.24, 2.45) is 16.9 Å². The predicted molar refractivity (Wildman–Crippen MR) is 138 cm³/mol. The van der Waals surface area contributed by atoms with Crippen LogP contribution in [-0.2, 0) is 14.3 Å². The first-order valence-electron chi connectivity index (χ1n) is 13.0. The number of esters is 2. The zero-order chi connectivity index (χ0) is 25.1. The van der Waals surface area contributed by atoms with Gasteiger partial charge in [-0.1, -0.05) is 43.4 Å². The summed E-state index contributed by atoms with van der Waals surface area (Å²) in [6, 6.07) is 6.86. The van der Waals surface area contributed by atoms with E-state index in [0.717, 1.165) is 30.6 Å². The summed E-state index contributed by atoms with van der Waals surface area (Å²) >= 11 is 0. The molecule has 6 nitrogen and oxygen atoms in total. The minimum absolute atomic E-state index is 0.0166. The third kappa shape index (κ3) is 8.23. The van der Waals surface area contributed by atoms with Crippen molar-refractivity contribution >= 4 is 11.9 Å². The number of rotatable bonds is 11. The average Bonchev–Trinajstić information content (AvgIpc) is 3.30. The van der Waals surface area contributed by atoms with Gasteiger partial charge in [0.15, 0.2) is 0 Å². The maximum absolute atomic E-state index is 12.4. The van der Waals surface area contributed by atoms with E-state index in [1.54, 1.807) is 6.92 Å². The molecule has 1 spiro atoms. The Labute approximate surface area is 209 Å². The Kier molecular flexibility index (Phi) is 10.4. The molecule has 0 heterocycles. The van der Waals surface area contributed by atoms with Crippen LogP contribution in [0.2, 0.25) is 0 Å². The summed E-state index contributed by atoms with van der Waals surface area (Å²) in [5.74, 6) is 5.02. The molecule has 0 radical (unpaired) electrons. The molecule has 190 valence electrons. The van der Waals surface area contributed by atoms with Crippen molar-refractivity contribution in [3.05, 3.63) is 41.5 Å². The normalized spacial score (nSPS) is 18.2. The number of unbranched alkanes of at least 4 members (excludes halogenated alkanes) is 1. The van der Waals surface area contributed by atoms with Crippen LogP contribution in [0.15, 0.2) is 35.9 Å². The second-order valence-corrected chi connectivity index (χ2v) is 9.92. The first-order valence-corrected chi connectivity index (χ1v) is 13.0. The van der Waals surface area contributed by atoms with Crippen LogP contribution in [0.1, 0.15) is 89.0 Å². The van der Waals surface area contributed by atoms with E-state index >= 15 is 0 Å². The molecule has 4 N–H and O–H groups in total. The highest BCUT2D eigenvalue weighted by Gasteiger charge is 2.33. The molecule has 0 saturated heterocycles. The van der Waals surface area contributed by atoms with Gasteiger partial charge in [-0.05, 0) is 87.1 Å². The van der Waals surface area contributed by atoms with Crippen molar-refractivity contribution in [2.45, 2.75) is 89.5 Å². The van der Waals surface area contributed by atoms with Gasteiger partial charge in [0.05, 0.1) is 12.3 Å². The molecule has 6 heteroatoms. The van der Waals surface area contributed by atoms with Crippen LogP contribution >= 0.6 is 0 Å². The molecule has 2 atom stereocenters.